The third-order valence-corrected chi connectivity index (χ3v) is 4.56. The minimum absolute atomic E-state index is 0.0396. The number of nitrogens with zero attached hydrogens (tertiary/aromatic N) is 3. The fraction of sp³-hybridized carbons (Fsp3) is 0.235. The van der Waals surface area contributed by atoms with Crippen LogP contribution in [0.5, 0.6) is 0 Å². The van der Waals surface area contributed by atoms with Crippen LogP contribution in [0, 0.1) is 0 Å². The van der Waals surface area contributed by atoms with Crippen molar-refractivity contribution in [1.29, 1.82) is 0 Å². The van der Waals surface area contributed by atoms with E-state index in [1.54, 1.807) is 12.1 Å². The summed E-state index contributed by atoms with van der Waals surface area (Å²) in [6.07, 6.45) is -1.04. The number of carbonyl (C=O) groups is 1. The first-order valence-electron chi connectivity index (χ1n) is 8.20. The molecule has 0 aliphatic carbocycles. The number of nitrogens with one attached hydrogen (secondary N) is 2. The second-order valence-electron chi connectivity index (χ2n) is 6.17. The van der Waals surface area contributed by atoms with Crippen LogP contribution >= 0.6 is 11.6 Å². The van der Waals surface area contributed by atoms with Crippen molar-refractivity contribution in [3.63, 3.8) is 0 Å². The van der Waals surface area contributed by atoms with Gasteiger partial charge in [0.25, 0.3) is 5.91 Å². The summed E-state index contributed by atoms with van der Waals surface area (Å²) in [7, 11) is 0. The van der Waals surface area contributed by atoms with Crippen LogP contribution in [0.15, 0.2) is 47.3 Å². The zero-order valence-electron chi connectivity index (χ0n) is 14.1. The lowest BCUT2D eigenvalue weighted by Gasteiger charge is -2.32. The van der Waals surface area contributed by atoms with Crippen LogP contribution in [0.4, 0.5) is 24.8 Å². The van der Waals surface area contributed by atoms with Crippen molar-refractivity contribution in [1.82, 2.24) is 14.8 Å². The molecule has 0 unspecified atom stereocenters. The highest BCUT2D eigenvalue weighted by atomic mass is 35.5. The average molecular weight is 412 g/mol. The lowest BCUT2D eigenvalue weighted by molar-refractivity contribution is -0.174. The predicted octanol–water partition coefficient (Wildman–Crippen LogP) is 4.44. The summed E-state index contributed by atoms with van der Waals surface area (Å²) in [5, 5.41) is 9.63. The minimum Gasteiger partial charge on any atom is -0.467 e. The van der Waals surface area contributed by atoms with Crippen molar-refractivity contribution < 1.29 is 22.4 Å². The van der Waals surface area contributed by atoms with E-state index >= 15 is 0 Å². The molecule has 0 saturated heterocycles. The monoisotopic (exact) mass is 411 g/mol. The van der Waals surface area contributed by atoms with Crippen molar-refractivity contribution in [3.05, 3.63) is 59.3 Å². The quantitative estimate of drug-likeness (QED) is 0.665. The fourth-order valence-electron chi connectivity index (χ4n) is 3.04. The number of rotatable bonds is 3. The van der Waals surface area contributed by atoms with E-state index < -0.39 is 24.2 Å². The van der Waals surface area contributed by atoms with Gasteiger partial charge in [-0.1, -0.05) is 11.6 Å². The highest BCUT2D eigenvalue weighted by molar-refractivity contribution is 6.30. The van der Waals surface area contributed by atoms with Crippen molar-refractivity contribution in [2.24, 2.45) is 0 Å². The average Bonchev–Trinajstić information content (AvgIpc) is 3.31. The van der Waals surface area contributed by atoms with Crippen molar-refractivity contribution in [3.8, 4) is 0 Å². The third kappa shape index (κ3) is 3.42. The van der Waals surface area contributed by atoms with Gasteiger partial charge in [-0.3, -0.25) is 4.79 Å². The van der Waals surface area contributed by atoms with Gasteiger partial charge in [0.2, 0.25) is 0 Å². The molecule has 1 aliphatic heterocycles. The van der Waals surface area contributed by atoms with Crippen LogP contribution in [-0.2, 0) is 0 Å². The lowest BCUT2D eigenvalue weighted by atomic mass is 10.0. The number of hydrogen-bond donors (Lipinski definition) is 2. The van der Waals surface area contributed by atoms with E-state index in [9.17, 15) is 18.0 Å². The maximum absolute atomic E-state index is 13.6. The topological polar surface area (TPSA) is 85.0 Å². The van der Waals surface area contributed by atoms with Gasteiger partial charge in [-0.05, 0) is 24.3 Å². The first-order valence-corrected chi connectivity index (χ1v) is 8.58. The van der Waals surface area contributed by atoms with Gasteiger partial charge in [-0.25, -0.2) is 9.67 Å². The van der Waals surface area contributed by atoms with Gasteiger partial charge in [0.1, 0.15) is 23.0 Å². The van der Waals surface area contributed by atoms with Gasteiger partial charge in [-0.2, -0.15) is 18.3 Å². The van der Waals surface area contributed by atoms with E-state index in [2.05, 4.69) is 20.7 Å². The van der Waals surface area contributed by atoms with Gasteiger partial charge in [0.05, 0.1) is 23.5 Å². The van der Waals surface area contributed by atoms with Crippen LogP contribution in [0.2, 0.25) is 5.02 Å². The molecule has 4 rings (SSSR count). The van der Waals surface area contributed by atoms with Gasteiger partial charge in [0, 0.05) is 12.6 Å². The Hall–Kier alpha value is -3.01. The number of pyridine rings is 1. The van der Waals surface area contributed by atoms with E-state index in [0.29, 0.717) is 10.8 Å². The number of alkyl halides is 3. The number of aromatic nitrogens is 3. The number of furan rings is 1. The van der Waals surface area contributed by atoms with E-state index in [0.717, 1.165) is 10.9 Å². The Kier molecular flexibility index (Phi) is 4.50. The summed E-state index contributed by atoms with van der Waals surface area (Å²) in [5.41, 5.74) is -0.0396. The number of halogens is 4. The van der Waals surface area contributed by atoms with Gasteiger partial charge in [-0.15, -0.1) is 0 Å². The molecular weight excluding hydrogens is 399 g/mol. The van der Waals surface area contributed by atoms with E-state index in [4.69, 9.17) is 16.0 Å². The Morgan fingerprint density at radius 2 is 2.14 bits per heavy atom. The molecule has 0 fully saturated rings. The van der Waals surface area contributed by atoms with Crippen LogP contribution < -0.4 is 10.6 Å². The normalized spacial score (nSPS) is 19.0. The number of fused-ring (bicyclic) bond motifs is 1. The Labute approximate surface area is 161 Å². The second kappa shape index (κ2) is 6.86. The Morgan fingerprint density at radius 3 is 2.79 bits per heavy atom. The molecule has 0 bridgehead atoms. The Morgan fingerprint density at radius 1 is 1.32 bits per heavy atom. The molecule has 7 nitrogen and oxygen atoms in total. The first-order chi connectivity index (χ1) is 13.3. The zero-order valence-corrected chi connectivity index (χ0v) is 14.8. The molecule has 11 heteroatoms. The fourth-order valence-corrected chi connectivity index (χ4v) is 3.15. The van der Waals surface area contributed by atoms with Crippen LogP contribution in [-0.4, -0.2) is 26.8 Å². The third-order valence-electron chi connectivity index (χ3n) is 4.34. The molecule has 3 aromatic rings. The summed E-state index contributed by atoms with van der Waals surface area (Å²) >= 11 is 5.75. The SMILES string of the molecule is O=C(Nc1ccc(Cl)cn1)c1cnn2c1N[C@@H](c1ccco1)C[C@H]2C(F)(F)F. The summed E-state index contributed by atoms with van der Waals surface area (Å²) in [5.74, 6) is -0.140. The van der Waals surface area contributed by atoms with Crippen LogP contribution in [0.3, 0.4) is 0 Å². The lowest BCUT2D eigenvalue weighted by Crippen LogP contribution is -2.36. The zero-order chi connectivity index (χ0) is 19.9. The first kappa shape index (κ1) is 18.4. The van der Waals surface area contributed by atoms with Crippen LogP contribution in [0.1, 0.15) is 34.6 Å². The summed E-state index contributed by atoms with van der Waals surface area (Å²) < 4.78 is 46.8. The van der Waals surface area contributed by atoms with Crippen molar-refractivity contribution in [2.75, 3.05) is 10.6 Å². The standard InChI is InChI=1S/C17H13ClF3N5O2/c18-9-3-4-14(22-7-9)25-16(27)10-8-23-26-13(17(19,20)21)6-11(24-15(10)26)12-2-1-5-28-12/h1-5,7-8,11,13,24H,6H2,(H,22,25,27)/t11-,13+/m1/s1. The highest BCUT2D eigenvalue weighted by Crippen LogP contribution is 2.44. The minimum atomic E-state index is -4.54. The highest BCUT2D eigenvalue weighted by Gasteiger charge is 2.47. The molecule has 2 atom stereocenters. The maximum Gasteiger partial charge on any atom is 0.410 e. The Bertz CT molecular complexity index is 985. The molecule has 2 N–H and O–H groups in total. The molecule has 1 aliphatic rings. The molecule has 0 aromatic carbocycles. The molecule has 0 spiro atoms. The number of hydrogen-bond acceptors (Lipinski definition) is 5. The predicted molar refractivity (Wildman–Crippen MR) is 94.2 cm³/mol. The van der Waals surface area contributed by atoms with Crippen LogP contribution in [0.25, 0.3) is 0 Å². The molecule has 146 valence electrons. The van der Waals surface area contributed by atoms with Gasteiger partial charge >= 0.3 is 6.18 Å². The molecule has 0 radical (unpaired) electrons. The molecule has 1 amide bonds. The molecule has 3 aromatic heterocycles. The number of carbonyl (C=O) groups excluding carboxylic acids is 1. The summed E-state index contributed by atoms with van der Waals surface area (Å²) in [6.45, 7) is 0. The number of anilines is 2. The summed E-state index contributed by atoms with van der Waals surface area (Å²) in [4.78, 5) is 16.5. The largest absolute Gasteiger partial charge is 0.467 e. The maximum atomic E-state index is 13.6. The van der Waals surface area contributed by atoms with Gasteiger partial charge < -0.3 is 15.1 Å². The van der Waals surface area contributed by atoms with Crippen molar-refractivity contribution >= 4 is 29.1 Å². The Balaban J connectivity index is 1.67. The molecular formula is C17H13ClF3N5O2. The van der Waals surface area contributed by atoms with E-state index in [1.807, 2.05) is 0 Å². The molecule has 28 heavy (non-hydrogen) atoms. The van der Waals surface area contributed by atoms with Crippen molar-refractivity contribution in [2.45, 2.75) is 24.7 Å². The van der Waals surface area contributed by atoms with E-state index in [1.165, 1.54) is 24.6 Å². The second-order valence-corrected chi connectivity index (χ2v) is 6.61. The molecule has 4 heterocycles. The number of amides is 1. The van der Waals surface area contributed by atoms with Gasteiger partial charge in [0.15, 0.2) is 6.04 Å². The molecule has 0 saturated carbocycles. The van der Waals surface area contributed by atoms with E-state index in [-0.39, 0.29) is 23.6 Å². The summed E-state index contributed by atoms with van der Waals surface area (Å²) in [6, 6.07) is 3.52. The smallest absolute Gasteiger partial charge is 0.410 e.